The molecule has 0 unspecified atom stereocenters. The van der Waals surface area contributed by atoms with E-state index in [2.05, 4.69) is 19.2 Å². The Bertz CT molecular complexity index is 1390. The zero-order valence-corrected chi connectivity index (χ0v) is 21.6. The number of thiophene rings is 1. The van der Waals surface area contributed by atoms with Crippen LogP contribution in [0.1, 0.15) is 41.8 Å². The molecular formula is C27H29N3O2S2. The topological polar surface area (TPSA) is 64.0 Å². The number of carbonyl (C=O) groups excluding carboxylic acids is 1. The van der Waals surface area contributed by atoms with Crippen LogP contribution in [0, 0.1) is 13.8 Å². The van der Waals surface area contributed by atoms with Gasteiger partial charge in [-0.15, -0.1) is 11.3 Å². The van der Waals surface area contributed by atoms with Gasteiger partial charge < -0.3 is 5.32 Å². The summed E-state index contributed by atoms with van der Waals surface area (Å²) >= 11 is 2.88. The van der Waals surface area contributed by atoms with Gasteiger partial charge in [0, 0.05) is 10.6 Å². The molecule has 0 atom stereocenters. The van der Waals surface area contributed by atoms with E-state index in [1.165, 1.54) is 16.6 Å². The minimum Gasteiger partial charge on any atom is -0.325 e. The quantitative estimate of drug-likeness (QED) is 0.232. The number of nitrogens with zero attached hydrogens (tertiary/aromatic N) is 2. The van der Waals surface area contributed by atoms with Crippen LogP contribution in [0.4, 0.5) is 5.69 Å². The summed E-state index contributed by atoms with van der Waals surface area (Å²) in [4.78, 5) is 33.4. The molecule has 0 saturated heterocycles. The van der Waals surface area contributed by atoms with Crippen LogP contribution in [0.2, 0.25) is 0 Å². The van der Waals surface area contributed by atoms with Gasteiger partial charge in [-0.1, -0.05) is 68.4 Å². The minimum absolute atomic E-state index is 0.0811. The zero-order chi connectivity index (χ0) is 24.2. The van der Waals surface area contributed by atoms with Crippen LogP contribution >= 0.6 is 23.1 Å². The molecule has 0 aliphatic rings. The summed E-state index contributed by atoms with van der Waals surface area (Å²) in [6, 6.07) is 15.6. The number of amides is 1. The highest BCUT2D eigenvalue weighted by atomic mass is 32.2. The van der Waals surface area contributed by atoms with E-state index in [1.807, 2.05) is 62.4 Å². The van der Waals surface area contributed by atoms with Gasteiger partial charge >= 0.3 is 0 Å². The Hall–Kier alpha value is -2.90. The third-order valence-corrected chi connectivity index (χ3v) is 8.04. The summed E-state index contributed by atoms with van der Waals surface area (Å²) < 4.78 is 1.64. The maximum absolute atomic E-state index is 13.7. The van der Waals surface area contributed by atoms with Gasteiger partial charge in [0.25, 0.3) is 5.56 Å². The molecule has 0 saturated carbocycles. The van der Waals surface area contributed by atoms with Crippen molar-refractivity contribution >= 4 is 44.9 Å². The van der Waals surface area contributed by atoms with Gasteiger partial charge in [-0.05, 0) is 55.5 Å². The third-order valence-electron chi connectivity index (χ3n) is 5.86. The number of rotatable bonds is 8. The Morgan fingerprint density at radius 1 is 1.09 bits per heavy atom. The monoisotopic (exact) mass is 491 g/mol. The van der Waals surface area contributed by atoms with Gasteiger partial charge in [-0.2, -0.15) is 0 Å². The van der Waals surface area contributed by atoms with Gasteiger partial charge in [-0.3, -0.25) is 14.2 Å². The molecular weight excluding hydrogens is 462 g/mol. The summed E-state index contributed by atoms with van der Waals surface area (Å²) in [7, 11) is 0. The first-order valence-electron chi connectivity index (χ1n) is 11.6. The van der Waals surface area contributed by atoms with Crippen molar-refractivity contribution in [2.24, 2.45) is 0 Å². The molecule has 5 nitrogen and oxygen atoms in total. The molecule has 0 fully saturated rings. The second-order valence-electron chi connectivity index (χ2n) is 8.25. The summed E-state index contributed by atoms with van der Waals surface area (Å²) in [6.45, 7) is 8.22. The number of carbonyl (C=O) groups is 1. The van der Waals surface area contributed by atoms with Crippen LogP contribution in [0.3, 0.4) is 0 Å². The fraction of sp³-hybridized carbons (Fsp3) is 0.296. The average Bonchev–Trinajstić information content (AvgIpc) is 3.15. The van der Waals surface area contributed by atoms with Crippen LogP contribution in [-0.2, 0) is 17.6 Å². The number of anilines is 1. The van der Waals surface area contributed by atoms with Crippen molar-refractivity contribution in [3.8, 4) is 5.69 Å². The minimum atomic E-state index is -0.114. The Morgan fingerprint density at radius 2 is 1.85 bits per heavy atom. The van der Waals surface area contributed by atoms with E-state index in [0.29, 0.717) is 10.5 Å². The second-order valence-corrected chi connectivity index (χ2v) is 10.3. The average molecular weight is 492 g/mol. The Kier molecular flexibility index (Phi) is 7.54. The van der Waals surface area contributed by atoms with Crippen molar-refractivity contribution < 1.29 is 4.79 Å². The lowest BCUT2D eigenvalue weighted by Crippen LogP contribution is -2.23. The van der Waals surface area contributed by atoms with Crippen LogP contribution in [0.5, 0.6) is 0 Å². The molecule has 4 aromatic rings. The van der Waals surface area contributed by atoms with Gasteiger partial charge in [0.05, 0.1) is 16.8 Å². The van der Waals surface area contributed by atoms with Gasteiger partial charge in [-0.25, -0.2) is 4.98 Å². The van der Waals surface area contributed by atoms with Crippen molar-refractivity contribution in [3.05, 3.63) is 80.5 Å². The Balaban J connectivity index is 1.70. The van der Waals surface area contributed by atoms with E-state index in [4.69, 9.17) is 4.98 Å². The highest BCUT2D eigenvalue weighted by Gasteiger charge is 2.20. The molecule has 2 aromatic heterocycles. The van der Waals surface area contributed by atoms with Crippen molar-refractivity contribution in [3.63, 3.8) is 0 Å². The Morgan fingerprint density at radius 3 is 2.56 bits per heavy atom. The molecule has 0 aliphatic carbocycles. The molecule has 34 heavy (non-hydrogen) atoms. The lowest BCUT2D eigenvalue weighted by atomic mass is 10.1. The summed E-state index contributed by atoms with van der Waals surface area (Å²) in [5.41, 5.74) is 4.71. The van der Waals surface area contributed by atoms with E-state index in [0.717, 1.165) is 52.2 Å². The second kappa shape index (κ2) is 10.6. The van der Waals surface area contributed by atoms with E-state index < -0.39 is 0 Å². The Labute approximate surface area is 208 Å². The lowest BCUT2D eigenvalue weighted by molar-refractivity contribution is -0.113. The molecule has 0 bridgehead atoms. The summed E-state index contributed by atoms with van der Waals surface area (Å²) in [6.07, 6.45) is 2.79. The largest absolute Gasteiger partial charge is 0.325 e. The van der Waals surface area contributed by atoms with Crippen molar-refractivity contribution in [1.82, 2.24) is 9.55 Å². The van der Waals surface area contributed by atoms with Crippen LogP contribution in [0.25, 0.3) is 15.9 Å². The third kappa shape index (κ3) is 4.81. The van der Waals surface area contributed by atoms with Crippen LogP contribution < -0.4 is 10.9 Å². The van der Waals surface area contributed by atoms with E-state index in [1.54, 1.807) is 15.9 Å². The van der Waals surface area contributed by atoms with Crippen LogP contribution in [-0.4, -0.2) is 21.2 Å². The number of nitrogens with one attached hydrogen (secondary N) is 1. The molecule has 0 spiro atoms. The van der Waals surface area contributed by atoms with E-state index in [-0.39, 0.29) is 17.2 Å². The number of aromatic nitrogens is 2. The SMILES string of the molecule is CCCc1sc2nc(SCC(=O)Nc3c(C)cccc3CC)n(-c3ccccc3)c(=O)c2c1C. The highest BCUT2D eigenvalue weighted by Crippen LogP contribution is 2.31. The summed E-state index contributed by atoms with van der Waals surface area (Å²) in [5.74, 6) is 0.0473. The van der Waals surface area contributed by atoms with Crippen molar-refractivity contribution in [1.29, 1.82) is 0 Å². The smallest absolute Gasteiger partial charge is 0.267 e. The summed E-state index contributed by atoms with van der Waals surface area (Å²) in [5, 5.41) is 4.28. The molecule has 2 aromatic carbocycles. The van der Waals surface area contributed by atoms with Crippen molar-refractivity contribution in [2.45, 2.75) is 52.1 Å². The molecule has 176 valence electrons. The molecule has 0 aliphatic heterocycles. The number of para-hydroxylation sites is 2. The predicted molar refractivity (Wildman–Crippen MR) is 144 cm³/mol. The number of fused-ring (bicyclic) bond motifs is 1. The number of thioether (sulfide) groups is 1. The standard InChI is InChI=1S/C27H29N3O2S2/c1-5-11-21-18(4)23-25(34-21)29-27(30(26(23)32)20-14-8-7-9-15-20)33-16-22(31)28-24-17(3)12-10-13-19(24)6-2/h7-10,12-15H,5-6,11,16H2,1-4H3,(H,28,31). The highest BCUT2D eigenvalue weighted by molar-refractivity contribution is 7.99. The number of aryl methyl sites for hydroxylation is 4. The molecule has 1 N–H and O–H groups in total. The predicted octanol–water partition coefficient (Wildman–Crippen LogP) is 6.31. The number of hydrogen-bond acceptors (Lipinski definition) is 5. The molecule has 1 amide bonds. The van der Waals surface area contributed by atoms with Crippen LogP contribution in [0.15, 0.2) is 58.5 Å². The normalized spacial score (nSPS) is 11.2. The van der Waals surface area contributed by atoms with Gasteiger partial charge in [0.2, 0.25) is 5.91 Å². The first kappa shape index (κ1) is 24.2. The molecule has 2 heterocycles. The maximum atomic E-state index is 13.7. The molecule has 7 heteroatoms. The van der Waals surface area contributed by atoms with E-state index >= 15 is 0 Å². The van der Waals surface area contributed by atoms with Crippen molar-refractivity contribution in [2.75, 3.05) is 11.1 Å². The fourth-order valence-electron chi connectivity index (χ4n) is 4.09. The fourth-order valence-corrected chi connectivity index (χ4v) is 6.22. The number of hydrogen-bond donors (Lipinski definition) is 1. The first-order chi connectivity index (χ1) is 16.4. The maximum Gasteiger partial charge on any atom is 0.267 e. The molecule has 4 rings (SSSR count). The first-order valence-corrected chi connectivity index (χ1v) is 13.4. The van der Waals surface area contributed by atoms with E-state index in [9.17, 15) is 9.59 Å². The lowest BCUT2D eigenvalue weighted by Gasteiger charge is -2.14. The van der Waals surface area contributed by atoms with Gasteiger partial charge in [0.1, 0.15) is 4.83 Å². The molecule has 0 radical (unpaired) electrons. The number of benzene rings is 2. The van der Waals surface area contributed by atoms with Gasteiger partial charge in [0.15, 0.2) is 5.16 Å². The zero-order valence-electron chi connectivity index (χ0n) is 20.0.